The average Bonchev–Trinajstić information content (AvgIpc) is 2.19. The van der Waals surface area contributed by atoms with Crippen molar-refractivity contribution in [2.24, 2.45) is 11.7 Å². The highest BCUT2D eigenvalue weighted by Crippen LogP contribution is 2.35. The van der Waals surface area contributed by atoms with Gasteiger partial charge in [-0.1, -0.05) is 13.8 Å². The maximum Gasteiger partial charge on any atom is 0.469 e. The third kappa shape index (κ3) is 6.67. The number of aliphatic carboxylic acids is 1. The number of amides is 1. The maximum absolute atomic E-state index is 11.4. The smallest absolute Gasteiger partial charge is 0.469 e. The minimum atomic E-state index is -4.71. The van der Waals surface area contributed by atoms with Gasteiger partial charge in [0.25, 0.3) is 0 Å². The van der Waals surface area contributed by atoms with Crippen LogP contribution in [0.1, 0.15) is 13.8 Å². The molecule has 106 valence electrons. The predicted molar refractivity (Wildman–Crippen MR) is 60.4 cm³/mol. The first-order chi connectivity index (χ1) is 8.04. The molecule has 0 radical (unpaired) electrons. The van der Waals surface area contributed by atoms with Crippen LogP contribution < -0.4 is 11.1 Å². The van der Waals surface area contributed by atoms with Crippen LogP contribution in [0.3, 0.4) is 0 Å². The van der Waals surface area contributed by atoms with Crippen LogP contribution in [0, 0.1) is 5.92 Å². The van der Waals surface area contributed by atoms with Crippen molar-refractivity contribution in [1.82, 2.24) is 5.32 Å². The Morgan fingerprint density at radius 3 is 2.22 bits per heavy atom. The SMILES string of the molecule is CC(C)[C@H](NC(=O)[C@@H](N)COP(=O)(O)O)C(=O)O. The molecule has 0 aliphatic rings. The van der Waals surface area contributed by atoms with Crippen molar-refractivity contribution in [3.8, 4) is 0 Å². The van der Waals surface area contributed by atoms with Gasteiger partial charge >= 0.3 is 13.8 Å². The fourth-order valence-corrected chi connectivity index (χ4v) is 1.38. The molecule has 2 atom stereocenters. The molecule has 18 heavy (non-hydrogen) atoms. The number of carboxylic acids is 1. The lowest BCUT2D eigenvalue weighted by Crippen LogP contribution is -2.51. The highest BCUT2D eigenvalue weighted by molar-refractivity contribution is 7.46. The largest absolute Gasteiger partial charge is 0.480 e. The number of phosphoric ester groups is 1. The summed E-state index contributed by atoms with van der Waals surface area (Å²) < 4.78 is 14.4. The number of carbonyl (C=O) groups excluding carboxylic acids is 1. The molecule has 10 heteroatoms. The van der Waals surface area contributed by atoms with Crippen molar-refractivity contribution >= 4 is 19.7 Å². The molecule has 0 aliphatic carbocycles. The third-order valence-electron chi connectivity index (χ3n) is 1.99. The number of nitrogens with one attached hydrogen (secondary N) is 1. The van der Waals surface area contributed by atoms with Crippen molar-refractivity contribution in [2.45, 2.75) is 25.9 Å². The van der Waals surface area contributed by atoms with Crippen molar-refractivity contribution in [2.75, 3.05) is 6.61 Å². The topological polar surface area (TPSA) is 159 Å². The van der Waals surface area contributed by atoms with E-state index in [1.165, 1.54) is 0 Å². The normalized spacial score (nSPS) is 15.2. The minimum Gasteiger partial charge on any atom is -0.480 e. The number of carboxylic acid groups (broad SMARTS) is 1. The summed E-state index contributed by atoms with van der Waals surface area (Å²) in [6.07, 6.45) is 0. The van der Waals surface area contributed by atoms with Crippen LogP contribution in [-0.4, -0.2) is 45.5 Å². The number of hydrogen-bond acceptors (Lipinski definition) is 5. The molecule has 0 bridgehead atoms. The van der Waals surface area contributed by atoms with E-state index in [4.69, 9.17) is 20.6 Å². The molecule has 0 saturated heterocycles. The zero-order chi connectivity index (χ0) is 14.5. The van der Waals surface area contributed by atoms with E-state index in [0.717, 1.165) is 0 Å². The first kappa shape index (κ1) is 17.0. The molecule has 0 aromatic heterocycles. The van der Waals surface area contributed by atoms with E-state index in [2.05, 4.69) is 9.84 Å². The predicted octanol–water partition coefficient (Wildman–Crippen LogP) is -1.35. The number of phosphoric acid groups is 1. The Bertz CT molecular complexity index is 353. The Hall–Kier alpha value is -0.990. The molecule has 0 aromatic carbocycles. The third-order valence-corrected chi connectivity index (χ3v) is 2.47. The standard InChI is InChI=1S/C8H17N2O7P/c1-4(2)6(8(12)13)10-7(11)5(9)3-17-18(14,15)16/h4-6H,3,9H2,1-2H3,(H,10,11)(H,12,13)(H2,14,15,16)/t5-,6-/m0/s1. The van der Waals surface area contributed by atoms with Gasteiger partial charge in [-0.05, 0) is 5.92 Å². The van der Waals surface area contributed by atoms with E-state index in [1.807, 2.05) is 0 Å². The fraction of sp³-hybridized carbons (Fsp3) is 0.750. The van der Waals surface area contributed by atoms with Gasteiger partial charge in [-0.25, -0.2) is 9.36 Å². The number of nitrogens with two attached hydrogens (primary N) is 1. The van der Waals surface area contributed by atoms with Crippen molar-refractivity contribution in [3.05, 3.63) is 0 Å². The van der Waals surface area contributed by atoms with Gasteiger partial charge in [0.15, 0.2) is 0 Å². The molecule has 0 aromatic rings. The first-order valence-electron chi connectivity index (χ1n) is 5.03. The molecule has 0 rings (SSSR count). The van der Waals surface area contributed by atoms with Crippen LogP contribution in [0.5, 0.6) is 0 Å². The summed E-state index contributed by atoms with van der Waals surface area (Å²) >= 11 is 0. The molecular formula is C8H17N2O7P. The summed E-state index contributed by atoms with van der Waals surface area (Å²) in [7, 11) is -4.71. The van der Waals surface area contributed by atoms with Gasteiger partial charge in [-0.2, -0.15) is 0 Å². The van der Waals surface area contributed by atoms with E-state index in [-0.39, 0.29) is 5.92 Å². The second-order valence-corrected chi connectivity index (χ2v) is 5.20. The first-order valence-corrected chi connectivity index (χ1v) is 6.56. The second kappa shape index (κ2) is 6.81. The molecule has 0 saturated carbocycles. The maximum atomic E-state index is 11.4. The average molecular weight is 284 g/mol. The lowest BCUT2D eigenvalue weighted by Gasteiger charge is -2.20. The van der Waals surface area contributed by atoms with Crippen LogP contribution in [-0.2, 0) is 18.7 Å². The van der Waals surface area contributed by atoms with Crippen LogP contribution in [0.4, 0.5) is 0 Å². The molecule has 9 nitrogen and oxygen atoms in total. The molecule has 1 amide bonds. The van der Waals surface area contributed by atoms with Gasteiger partial charge in [-0.3, -0.25) is 9.32 Å². The van der Waals surface area contributed by atoms with Gasteiger partial charge < -0.3 is 25.9 Å². The van der Waals surface area contributed by atoms with Crippen LogP contribution >= 0.6 is 7.82 Å². The quantitative estimate of drug-likeness (QED) is 0.359. The van der Waals surface area contributed by atoms with Gasteiger partial charge in [0.1, 0.15) is 12.1 Å². The highest BCUT2D eigenvalue weighted by atomic mass is 31.2. The molecule has 0 heterocycles. The number of carbonyl (C=O) groups is 2. The van der Waals surface area contributed by atoms with Gasteiger partial charge in [0.05, 0.1) is 6.61 Å². The monoisotopic (exact) mass is 284 g/mol. The fourth-order valence-electron chi connectivity index (χ4n) is 1.03. The van der Waals surface area contributed by atoms with Gasteiger partial charge in [-0.15, -0.1) is 0 Å². The van der Waals surface area contributed by atoms with Crippen molar-refractivity contribution < 1.29 is 33.6 Å². The Morgan fingerprint density at radius 1 is 1.39 bits per heavy atom. The molecule has 6 N–H and O–H groups in total. The summed E-state index contributed by atoms with van der Waals surface area (Å²) in [6, 6.07) is -2.49. The molecular weight excluding hydrogens is 267 g/mol. The summed E-state index contributed by atoms with van der Waals surface area (Å²) in [5.74, 6) is -2.44. The van der Waals surface area contributed by atoms with E-state index in [0.29, 0.717) is 0 Å². The summed E-state index contributed by atoms with van der Waals surface area (Å²) in [6.45, 7) is 2.48. The minimum absolute atomic E-state index is 0.360. The number of rotatable bonds is 7. The Labute approximate surface area is 104 Å². The van der Waals surface area contributed by atoms with Crippen LogP contribution in [0.25, 0.3) is 0 Å². The second-order valence-electron chi connectivity index (χ2n) is 3.96. The Balaban J connectivity index is 4.38. The lowest BCUT2D eigenvalue weighted by molar-refractivity contribution is -0.143. The molecule has 0 aliphatic heterocycles. The molecule has 0 unspecified atom stereocenters. The molecule has 0 spiro atoms. The zero-order valence-corrected chi connectivity index (χ0v) is 10.8. The van der Waals surface area contributed by atoms with Gasteiger partial charge in [0.2, 0.25) is 5.91 Å². The summed E-state index contributed by atoms with van der Waals surface area (Å²) in [5.41, 5.74) is 5.30. The zero-order valence-electron chi connectivity index (χ0n) is 9.94. The van der Waals surface area contributed by atoms with E-state index in [9.17, 15) is 14.2 Å². The van der Waals surface area contributed by atoms with E-state index >= 15 is 0 Å². The van der Waals surface area contributed by atoms with E-state index < -0.39 is 38.4 Å². The Morgan fingerprint density at radius 2 is 1.89 bits per heavy atom. The summed E-state index contributed by atoms with van der Waals surface area (Å²) in [4.78, 5) is 39.1. The lowest BCUT2D eigenvalue weighted by atomic mass is 10.0. The Kier molecular flexibility index (Phi) is 6.44. The summed E-state index contributed by atoms with van der Waals surface area (Å²) in [5, 5.41) is 11.0. The molecule has 0 fully saturated rings. The van der Waals surface area contributed by atoms with Crippen LogP contribution in [0.15, 0.2) is 0 Å². The van der Waals surface area contributed by atoms with E-state index in [1.54, 1.807) is 13.8 Å². The van der Waals surface area contributed by atoms with Crippen molar-refractivity contribution in [1.29, 1.82) is 0 Å². The number of hydrogen-bond donors (Lipinski definition) is 5. The van der Waals surface area contributed by atoms with Gasteiger partial charge in [0, 0.05) is 0 Å². The van der Waals surface area contributed by atoms with Crippen molar-refractivity contribution in [3.63, 3.8) is 0 Å². The van der Waals surface area contributed by atoms with Crippen LogP contribution in [0.2, 0.25) is 0 Å². The highest BCUT2D eigenvalue weighted by Gasteiger charge is 2.27.